The lowest BCUT2D eigenvalue weighted by Gasteiger charge is -2.29. The molecule has 0 fully saturated rings. The molecule has 0 atom stereocenters. The van der Waals surface area contributed by atoms with Gasteiger partial charge >= 0.3 is 0 Å². The molecule has 51 heavy (non-hydrogen) atoms. The van der Waals surface area contributed by atoms with E-state index in [1.54, 1.807) is 0 Å². The molecular formula is C50H35N. The third-order valence-corrected chi connectivity index (χ3v) is 11.8. The monoisotopic (exact) mass is 649 g/mol. The minimum absolute atomic E-state index is 0.154. The predicted octanol–water partition coefficient (Wildman–Crippen LogP) is 13.5. The lowest BCUT2D eigenvalue weighted by molar-refractivity contribution is 0.663. The summed E-state index contributed by atoms with van der Waals surface area (Å²) in [5, 5.41) is 2.72. The molecule has 3 aliphatic carbocycles. The normalized spacial score (nSPS) is 13.8. The van der Waals surface area contributed by atoms with Crippen molar-refractivity contribution in [3.63, 3.8) is 0 Å². The molecule has 0 unspecified atom stereocenters. The van der Waals surface area contributed by atoms with Crippen molar-refractivity contribution < 1.29 is 0 Å². The number of benzene rings is 8. The van der Waals surface area contributed by atoms with Gasteiger partial charge in [0.25, 0.3) is 0 Å². The van der Waals surface area contributed by atoms with Gasteiger partial charge in [-0.2, -0.15) is 0 Å². The largest absolute Gasteiger partial charge is 0.310 e. The molecule has 0 aromatic heterocycles. The third-order valence-electron chi connectivity index (χ3n) is 11.8. The lowest BCUT2D eigenvalue weighted by atomic mass is 9.75. The number of rotatable bonds is 4. The Balaban J connectivity index is 1.32. The first kappa shape index (κ1) is 28.6. The molecule has 0 spiro atoms. The molecule has 0 saturated heterocycles. The average Bonchev–Trinajstić information content (AvgIpc) is 3.62. The maximum absolute atomic E-state index is 2.55. The van der Waals surface area contributed by atoms with E-state index in [9.17, 15) is 0 Å². The van der Waals surface area contributed by atoms with Crippen LogP contribution in [0.4, 0.5) is 17.1 Å². The van der Waals surface area contributed by atoms with Gasteiger partial charge in [0.1, 0.15) is 0 Å². The van der Waals surface area contributed by atoms with Gasteiger partial charge < -0.3 is 4.90 Å². The molecule has 0 saturated carbocycles. The number of hydrogen-bond acceptors (Lipinski definition) is 1. The molecule has 3 aliphatic rings. The summed E-state index contributed by atoms with van der Waals surface area (Å²) in [7, 11) is 0. The van der Waals surface area contributed by atoms with Crippen molar-refractivity contribution in [2.45, 2.75) is 25.7 Å². The van der Waals surface area contributed by atoms with Crippen LogP contribution in [0.5, 0.6) is 0 Å². The van der Waals surface area contributed by atoms with Crippen LogP contribution in [-0.2, 0) is 11.8 Å². The Morgan fingerprint density at radius 3 is 1.78 bits per heavy atom. The second-order valence-electron chi connectivity index (χ2n) is 14.8. The van der Waals surface area contributed by atoms with Crippen LogP contribution < -0.4 is 4.90 Å². The lowest BCUT2D eigenvalue weighted by Crippen LogP contribution is -2.16. The number of anilines is 3. The highest BCUT2D eigenvalue weighted by Gasteiger charge is 2.41. The van der Waals surface area contributed by atoms with Crippen LogP contribution in [0.15, 0.2) is 164 Å². The van der Waals surface area contributed by atoms with Gasteiger partial charge in [0.2, 0.25) is 0 Å². The Bertz CT molecular complexity index is 2700. The van der Waals surface area contributed by atoms with E-state index < -0.39 is 0 Å². The zero-order valence-corrected chi connectivity index (χ0v) is 28.7. The Labute approximate surface area is 299 Å². The summed E-state index contributed by atoms with van der Waals surface area (Å²) in [6.07, 6.45) is 0.938. The Morgan fingerprint density at radius 1 is 0.431 bits per heavy atom. The van der Waals surface area contributed by atoms with Gasteiger partial charge in [-0.15, -0.1) is 0 Å². The highest BCUT2D eigenvalue weighted by Crippen LogP contribution is 2.61. The summed E-state index contributed by atoms with van der Waals surface area (Å²) in [4.78, 5) is 2.42. The fourth-order valence-electron chi connectivity index (χ4n) is 9.70. The van der Waals surface area contributed by atoms with E-state index in [4.69, 9.17) is 0 Å². The van der Waals surface area contributed by atoms with E-state index in [1.807, 2.05) is 0 Å². The van der Waals surface area contributed by atoms with Gasteiger partial charge in [-0.3, -0.25) is 0 Å². The van der Waals surface area contributed by atoms with E-state index >= 15 is 0 Å². The molecule has 1 nitrogen and oxygen atoms in total. The highest BCUT2D eigenvalue weighted by molar-refractivity contribution is 6.22. The SMILES string of the molecule is CC1(C)c2ccccc2-c2cc3c(-c4ccccc4N(c4ccccc4)c4ccccc4)cc4c5c3c(c21)-c1ccccc1-c1cccc(c1-5)C4. The standard InChI is InChI=1S/C50H35N/c1-50(2)43-26-13-11-22-36(43)42-30-41-40(37-23-12-14-27-44(37)51(33-17-5-3-6-18-33)34-19-7-4-8-20-34)29-32-28-31-16-15-25-38-35-21-9-10-24-39(35)48(49(42)50)47(41)46(32)45(31)38/h3-27,29-30H,28H2,1-2H3. The minimum Gasteiger partial charge on any atom is -0.310 e. The van der Waals surface area contributed by atoms with Gasteiger partial charge in [0.15, 0.2) is 0 Å². The molecule has 1 heteroatoms. The maximum atomic E-state index is 2.55. The first-order chi connectivity index (χ1) is 25.1. The van der Waals surface area contributed by atoms with Gasteiger partial charge in [-0.1, -0.05) is 135 Å². The summed E-state index contributed by atoms with van der Waals surface area (Å²) >= 11 is 0. The van der Waals surface area contributed by atoms with Crippen molar-refractivity contribution >= 4 is 27.8 Å². The van der Waals surface area contributed by atoms with Crippen LogP contribution in [-0.4, -0.2) is 0 Å². The first-order valence-corrected chi connectivity index (χ1v) is 18.1. The van der Waals surface area contributed by atoms with Crippen molar-refractivity contribution in [1.29, 1.82) is 0 Å². The van der Waals surface area contributed by atoms with Gasteiger partial charge in [0, 0.05) is 22.4 Å². The fourth-order valence-corrected chi connectivity index (χ4v) is 9.70. The quantitative estimate of drug-likeness (QED) is 0.183. The molecule has 0 heterocycles. The van der Waals surface area contributed by atoms with Gasteiger partial charge in [0.05, 0.1) is 5.69 Å². The Kier molecular flexibility index (Phi) is 5.85. The van der Waals surface area contributed by atoms with E-state index in [1.165, 1.54) is 94.3 Å². The Morgan fingerprint density at radius 2 is 1.04 bits per heavy atom. The summed E-state index contributed by atoms with van der Waals surface area (Å²) in [5.74, 6) is 0. The molecule has 8 aromatic rings. The van der Waals surface area contributed by atoms with Crippen LogP contribution in [0.1, 0.15) is 36.1 Å². The minimum atomic E-state index is -0.154. The average molecular weight is 650 g/mol. The van der Waals surface area contributed by atoms with Crippen LogP contribution in [0.25, 0.3) is 66.4 Å². The summed E-state index contributed by atoms with van der Waals surface area (Å²) in [6.45, 7) is 4.87. The number of nitrogens with zero attached hydrogens (tertiary/aromatic N) is 1. The smallest absolute Gasteiger partial charge is 0.0540 e. The van der Waals surface area contributed by atoms with Crippen molar-refractivity contribution in [2.24, 2.45) is 0 Å². The number of para-hydroxylation sites is 3. The van der Waals surface area contributed by atoms with E-state index in [0.717, 1.165) is 17.8 Å². The molecule has 0 bridgehead atoms. The summed E-state index contributed by atoms with van der Waals surface area (Å²) < 4.78 is 0. The molecule has 0 amide bonds. The van der Waals surface area contributed by atoms with E-state index in [2.05, 4.69) is 183 Å². The predicted molar refractivity (Wildman–Crippen MR) is 214 cm³/mol. The summed E-state index contributed by atoms with van der Waals surface area (Å²) in [5.41, 5.74) is 22.5. The molecule has 0 aliphatic heterocycles. The highest BCUT2D eigenvalue weighted by atomic mass is 15.1. The maximum Gasteiger partial charge on any atom is 0.0540 e. The van der Waals surface area contributed by atoms with Crippen molar-refractivity contribution in [2.75, 3.05) is 4.90 Å². The van der Waals surface area contributed by atoms with Crippen LogP contribution >= 0.6 is 0 Å². The zero-order valence-electron chi connectivity index (χ0n) is 28.7. The molecular weight excluding hydrogens is 615 g/mol. The van der Waals surface area contributed by atoms with Crippen molar-refractivity contribution in [3.05, 3.63) is 186 Å². The molecule has 8 aromatic carbocycles. The molecule has 0 radical (unpaired) electrons. The number of fused-ring (bicyclic) bond motifs is 7. The van der Waals surface area contributed by atoms with E-state index in [0.29, 0.717) is 0 Å². The second kappa shape index (κ2) is 10.4. The molecule has 0 N–H and O–H groups in total. The zero-order chi connectivity index (χ0) is 33.8. The topological polar surface area (TPSA) is 3.24 Å². The second-order valence-corrected chi connectivity index (χ2v) is 14.8. The fraction of sp³-hybridized carbons (Fsp3) is 0.0800. The third kappa shape index (κ3) is 3.86. The van der Waals surface area contributed by atoms with Gasteiger partial charge in [-0.05, 0) is 132 Å². The van der Waals surface area contributed by atoms with Crippen molar-refractivity contribution in [3.8, 4) is 55.6 Å². The molecule has 240 valence electrons. The van der Waals surface area contributed by atoms with Gasteiger partial charge in [-0.25, -0.2) is 0 Å². The van der Waals surface area contributed by atoms with Crippen LogP contribution in [0, 0.1) is 0 Å². The first-order valence-electron chi connectivity index (χ1n) is 18.1. The molecule has 11 rings (SSSR count). The summed E-state index contributed by atoms with van der Waals surface area (Å²) in [6, 6.07) is 60.9. The van der Waals surface area contributed by atoms with Crippen LogP contribution in [0.3, 0.4) is 0 Å². The van der Waals surface area contributed by atoms with Crippen LogP contribution in [0.2, 0.25) is 0 Å². The van der Waals surface area contributed by atoms with E-state index in [-0.39, 0.29) is 5.41 Å². The number of hydrogen-bond donors (Lipinski definition) is 0. The Hall–Kier alpha value is -6.18. The van der Waals surface area contributed by atoms with Crippen molar-refractivity contribution in [1.82, 2.24) is 0 Å².